The number of nitrogens with zero attached hydrogens (tertiary/aromatic N) is 1. The maximum Gasteiger partial charge on any atom is 0.408 e. The van der Waals surface area contributed by atoms with Crippen molar-refractivity contribution in [2.75, 3.05) is 13.6 Å². The SMILES string of the molecule is CN1CC[C@@H](NC(=O)N[C@@H](Cc2ccccc2)C(F)(F)F)C1=O. The predicted molar refractivity (Wildman–Crippen MR) is 77.7 cm³/mol. The van der Waals surface area contributed by atoms with Crippen molar-refractivity contribution in [2.45, 2.75) is 31.1 Å². The van der Waals surface area contributed by atoms with Crippen LogP contribution in [0, 0.1) is 0 Å². The van der Waals surface area contributed by atoms with Crippen LogP contribution in [0.15, 0.2) is 30.3 Å². The van der Waals surface area contributed by atoms with Gasteiger partial charge in [0.05, 0.1) is 0 Å². The van der Waals surface area contributed by atoms with E-state index in [1.165, 1.54) is 4.90 Å². The molecule has 0 saturated carbocycles. The molecular weight excluding hydrogens is 311 g/mol. The lowest BCUT2D eigenvalue weighted by Crippen LogP contribution is -2.53. The van der Waals surface area contributed by atoms with Crippen LogP contribution in [-0.4, -0.2) is 48.7 Å². The van der Waals surface area contributed by atoms with Crippen molar-refractivity contribution < 1.29 is 22.8 Å². The lowest BCUT2D eigenvalue weighted by atomic mass is 10.1. The number of amides is 3. The summed E-state index contributed by atoms with van der Waals surface area (Å²) in [5.74, 6) is -0.299. The number of likely N-dealkylation sites (tertiary alicyclic amines) is 1. The van der Waals surface area contributed by atoms with Crippen LogP contribution in [0.1, 0.15) is 12.0 Å². The number of hydrogen-bond donors (Lipinski definition) is 2. The Bertz CT molecular complexity index is 563. The molecule has 1 aromatic carbocycles. The van der Waals surface area contributed by atoms with Crippen LogP contribution in [-0.2, 0) is 11.2 Å². The molecule has 1 aromatic rings. The third kappa shape index (κ3) is 4.61. The van der Waals surface area contributed by atoms with Gasteiger partial charge >= 0.3 is 12.2 Å². The molecule has 0 aromatic heterocycles. The Morgan fingerprint density at radius 3 is 2.52 bits per heavy atom. The average Bonchev–Trinajstić information content (AvgIpc) is 2.79. The minimum atomic E-state index is -4.58. The van der Waals surface area contributed by atoms with Crippen molar-refractivity contribution >= 4 is 11.9 Å². The van der Waals surface area contributed by atoms with Gasteiger partial charge in [0.2, 0.25) is 5.91 Å². The lowest BCUT2D eigenvalue weighted by Gasteiger charge is -2.23. The molecule has 2 rings (SSSR count). The van der Waals surface area contributed by atoms with E-state index in [2.05, 4.69) is 5.32 Å². The van der Waals surface area contributed by atoms with Crippen molar-refractivity contribution in [2.24, 2.45) is 0 Å². The van der Waals surface area contributed by atoms with Crippen LogP contribution < -0.4 is 10.6 Å². The Kier molecular flexibility index (Phi) is 5.12. The number of hydrogen-bond acceptors (Lipinski definition) is 2. The normalized spacial score (nSPS) is 19.6. The van der Waals surface area contributed by atoms with Gasteiger partial charge in [-0.3, -0.25) is 4.79 Å². The van der Waals surface area contributed by atoms with Gasteiger partial charge in [0.25, 0.3) is 0 Å². The smallest absolute Gasteiger partial charge is 0.344 e. The number of carbonyl (C=O) groups is 2. The zero-order chi connectivity index (χ0) is 17.0. The van der Waals surface area contributed by atoms with Crippen LogP contribution >= 0.6 is 0 Å². The minimum Gasteiger partial charge on any atom is -0.344 e. The molecular formula is C15H18F3N3O2. The van der Waals surface area contributed by atoms with Crippen LogP contribution in [0.4, 0.5) is 18.0 Å². The molecule has 0 radical (unpaired) electrons. The molecule has 5 nitrogen and oxygen atoms in total. The van der Waals surface area contributed by atoms with E-state index in [0.29, 0.717) is 18.5 Å². The number of likely N-dealkylation sites (N-methyl/N-ethyl adjacent to an activating group) is 1. The number of alkyl halides is 3. The Labute approximate surface area is 131 Å². The Hall–Kier alpha value is -2.25. The molecule has 0 spiro atoms. The first kappa shape index (κ1) is 17.1. The molecule has 1 aliphatic rings. The molecule has 1 saturated heterocycles. The third-order valence-corrected chi connectivity index (χ3v) is 3.72. The lowest BCUT2D eigenvalue weighted by molar-refractivity contribution is -0.152. The molecule has 3 amide bonds. The summed E-state index contributed by atoms with van der Waals surface area (Å²) >= 11 is 0. The zero-order valence-corrected chi connectivity index (χ0v) is 12.6. The fraction of sp³-hybridized carbons (Fsp3) is 0.467. The molecule has 126 valence electrons. The molecule has 0 aliphatic carbocycles. The molecule has 1 fully saturated rings. The number of urea groups is 1. The van der Waals surface area contributed by atoms with Gasteiger partial charge in [-0.2, -0.15) is 13.2 Å². The first-order chi connectivity index (χ1) is 10.8. The maximum atomic E-state index is 13.1. The molecule has 8 heteroatoms. The fourth-order valence-corrected chi connectivity index (χ4v) is 2.41. The number of carbonyl (C=O) groups excluding carboxylic acids is 2. The second-order valence-electron chi connectivity index (χ2n) is 5.50. The van der Waals surface area contributed by atoms with E-state index in [-0.39, 0.29) is 12.3 Å². The maximum absolute atomic E-state index is 13.1. The summed E-state index contributed by atoms with van der Waals surface area (Å²) in [6.45, 7) is 0.469. The summed E-state index contributed by atoms with van der Waals surface area (Å²) in [5, 5.41) is 4.23. The predicted octanol–water partition coefficient (Wildman–Crippen LogP) is 1.69. The molecule has 1 aliphatic heterocycles. The van der Waals surface area contributed by atoms with Gasteiger partial charge in [0.1, 0.15) is 12.1 Å². The average molecular weight is 329 g/mol. The standard InChI is InChI=1S/C15H18F3N3O2/c1-21-8-7-11(13(21)22)19-14(23)20-12(15(16,17)18)9-10-5-3-2-4-6-10/h2-6,11-12H,7-9H2,1H3,(H2,19,20,23)/t11-,12+/m1/s1. The highest BCUT2D eigenvalue weighted by Gasteiger charge is 2.41. The molecule has 0 bridgehead atoms. The van der Waals surface area contributed by atoms with Crippen LogP contribution in [0.3, 0.4) is 0 Å². The van der Waals surface area contributed by atoms with E-state index < -0.39 is 24.3 Å². The van der Waals surface area contributed by atoms with Gasteiger partial charge in [-0.25, -0.2) is 4.79 Å². The van der Waals surface area contributed by atoms with Crippen molar-refractivity contribution in [1.82, 2.24) is 15.5 Å². The highest BCUT2D eigenvalue weighted by Crippen LogP contribution is 2.23. The van der Waals surface area contributed by atoms with Gasteiger partial charge in [-0.05, 0) is 12.0 Å². The summed E-state index contributed by atoms with van der Waals surface area (Å²) in [7, 11) is 1.58. The van der Waals surface area contributed by atoms with Crippen LogP contribution in [0.5, 0.6) is 0 Å². The van der Waals surface area contributed by atoms with E-state index in [1.54, 1.807) is 37.4 Å². The summed E-state index contributed by atoms with van der Waals surface area (Å²) in [6, 6.07) is 4.32. The van der Waals surface area contributed by atoms with Gasteiger partial charge in [0, 0.05) is 20.0 Å². The van der Waals surface area contributed by atoms with Crippen LogP contribution in [0.2, 0.25) is 0 Å². The highest BCUT2D eigenvalue weighted by molar-refractivity contribution is 5.88. The Morgan fingerprint density at radius 1 is 1.35 bits per heavy atom. The number of benzene rings is 1. The largest absolute Gasteiger partial charge is 0.408 e. The van der Waals surface area contributed by atoms with E-state index in [9.17, 15) is 22.8 Å². The van der Waals surface area contributed by atoms with Crippen molar-refractivity contribution in [1.29, 1.82) is 0 Å². The second-order valence-corrected chi connectivity index (χ2v) is 5.50. The number of nitrogens with one attached hydrogen (secondary N) is 2. The topological polar surface area (TPSA) is 61.4 Å². The summed E-state index contributed by atoms with van der Waals surface area (Å²) in [5.41, 5.74) is 0.465. The zero-order valence-electron chi connectivity index (χ0n) is 12.6. The molecule has 1 heterocycles. The first-order valence-electron chi connectivity index (χ1n) is 7.20. The van der Waals surface area contributed by atoms with E-state index in [0.717, 1.165) is 0 Å². The van der Waals surface area contributed by atoms with Gasteiger partial charge in [-0.15, -0.1) is 0 Å². The summed E-state index contributed by atoms with van der Waals surface area (Å²) in [6.07, 6.45) is -4.56. The molecule has 2 atom stereocenters. The minimum absolute atomic E-state index is 0.299. The summed E-state index contributed by atoms with van der Waals surface area (Å²) in [4.78, 5) is 24.9. The number of halogens is 3. The monoisotopic (exact) mass is 329 g/mol. The number of rotatable bonds is 4. The highest BCUT2D eigenvalue weighted by atomic mass is 19.4. The van der Waals surface area contributed by atoms with E-state index in [1.807, 2.05) is 5.32 Å². The first-order valence-corrected chi connectivity index (χ1v) is 7.20. The van der Waals surface area contributed by atoms with E-state index in [4.69, 9.17) is 0 Å². The van der Waals surface area contributed by atoms with Crippen molar-refractivity contribution in [3.8, 4) is 0 Å². The van der Waals surface area contributed by atoms with Gasteiger partial charge in [0.15, 0.2) is 0 Å². The van der Waals surface area contributed by atoms with Gasteiger partial charge in [-0.1, -0.05) is 30.3 Å². The summed E-state index contributed by atoms with van der Waals surface area (Å²) < 4.78 is 39.3. The second kappa shape index (κ2) is 6.89. The Morgan fingerprint density at radius 2 is 2.00 bits per heavy atom. The fourth-order valence-electron chi connectivity index (χ4n) is 2.41. The third-order valence-electron chi connectivity index (χ3n) is 3.72. The van der Waals surface area contributed by atoms with Crippen LogP contribution in [0.25, 0.3) is 0 Å². The van der Waals surface area contributed by atoms with Crippen molar-refractivity contribution in [3.63, 3.8) is 0 Å². The Balaban J connectivity index is 1.98. The molecule has 2 N–H and O–H groups in total. The molecule has 23 heavy (non-hydrogen) atoms. The van der Waals surface area contributed by atoms with Gasteiger partial charge < -0.3 is 15.5 Å². The quantitative estimate of drug-likeness (QED) is 0.883. The molecule has 0 unspecified atom stereocenters. The van der Waals surface area contributed by atoms with Crippen molar-refractivity contribution in [3.05, 3.63) is 35.9 Å². The van der Waals surface area contributed by atoms with E-state index >= 15 is 0 Å².